The van der Waals surface area contributed by atoms with Gasteiger partial charge in [0.25, 0.3) is 0 Å². The Bertz CT molecular complexity index is 493. The summed E-state index contributed by atoms with van der Waals surface area (Å²) in [6, 6.07) is 3.16. The van der Waals surface area contributed by atoms with Crippen molar-refractivity contribution >= 4 is 17.5 Å². The lowest BCUT2D eigenvalue weighted by atomic mass is 9.73. The first kappa shape index (κ1) is 15.6. The molecule has 19 heavy (non-hydrogen) atoms. The van der Waals surface area contributed by atoms with Crippen LogP contribution in [-0.2, 0) is 4.79 Å². The summed E-state index contributed by atoms with van der Waals surface area (Å²) in [5.41, 5.74) is -5.51. The van der Waals surface area contributed by atoms with Gasteiger partial charge in [-0.15, -0.1) is 0 Å². The molecule has 3 nitrogen and oxygen atoms in total. The first-order valence-electron chi connectivity index (χ1n) is 5.40. The van der Waals surface area contributed by atoms with Crippen molar-refractivity contribution in [3.05, 3.63) is 11.1 Å². The summed E-state index contributed by atoms with van der Waals surface area (Å²) in [5, 5.41) is 16.2. The van der Waals surface area contributed by atoms with E-state index >= 15 is 0 Å². The zero-order valence-electron chi connectivity index (χ0n) is 10.3. The van der Waals surface area contributed by atoms with Crippen molar-refractivity contribution < 1.29 is 18.0 Å². The van der Waals surface area contributed by atoms with Crippen LogP contribution in [0, 0.1) is 28.1 Å². The summed E-state index contributed by atoms with van der Waals surface area (Å²) < 4.78 is 37.4. The molecular weight excluding hydrogens is 277 g/mol. The van der Waals surface area contributed by atoms with E-state index in [1.54, 1.807) is 26.0 Å². The minimum atomic E-state index is -4.58. The van der Waals surface area contributed by atoms with Gasteiger partial charge in [0.2, 0.25) is 0 Å². The molecule has 102 valence electrons. The van der Waals surface area contributed by atoms with Crippen LogP contribution in [0.15, 0.2) is 11.1 Å². The van der Waals surface area contributed by atoms with E-state index in [-0.39, 0.29) is 24.0 Å². The fourth-order valence-corrected chi connectivity index (χ4v) is 2.91. The van der Waals surface area contributed by atoms with Gasteiger partial charge < -0.3 is 0 Å². The molecule has 0 radical (unpaired) electrons. The molecule has 0 heterocycles. The average Bonchev–Trinajstić information content (AvgIpc) is 2.22. The topological polar surface area (TPSA) is 64.7 Å². The number of ketones is 1. The summed E-state index contributed by atoms with van der Waals surface area (Å²) in [5.74, 6) is -0.587. The van der Waals surface area contributed by atoms with E-state index in [9.17, 15) is 18.0 Å². The van der Waals surface area contributed by atoms with Gasteiger partial charge in [0.15, 0.2) is 5.78 Å². The Morgan fingerprint density at radius 3 is 2.26 bits per heavy atom. The van der Waals surface area contributed by atoms with E-state index in [1.807, 2.05) is 0 Å². The van der Waals surface area contributed by atoms with E-state index in [2.05, 4.69) is 0 Å². The van der Waals surface area contributed by atoms with Gasteiger partial charge in [-0.05, 0) is 29.2 Å². The van der Waals surface area contributed by atoms with Gasteiger partial charge in [0.1, 0.15) is 17.7 Å². The number of carbonyl (C=O) groups is 1. The Balaban J connectivity index is 3.26. The van der Waals surface area contributed by atoms with Crippen molar-refractivity contribution in [1.82, 2.24) is 0 Å². The van der Waals surface area contributed by atoms with Crippen molar-refractivity contribution in [2.75, 3.05) is 0 Å². The fourth-order valence-electron chi connectivity index (χ4n) is 2.09. The Labute approximate surface area is 113 Å². The number of rotatable bonds is 1. The third-order valence-electron chi connectivity index (χ3n) is 2.73. The molecule has 0 N–H and O–H groups in total. The molecule has 0 aromatic heterocycles. The smallest absolute Gasteiger partial charge is 0.298 e. The Morgan fingerprint density at radius 2 is 1.84 bits per heavy atom. The molecule has 0 spiro atoms. The number of nitriles is 2. The Morgan fingerprint density at radius 1 is 1.32 bits per heavy atom. The van der Waals surface area contributed by atoms with Crippen molar-refractivity contribution in [2.45, 2.75) is 37.4 Å². The number of hydrogen-bond acceptors (Lipinski definition) is 4. The molecule has 1 aliphatic carbocycles. The van der Waals surface area contributed by atoms with E-state index in [4.69, 9.17) is 10.5 Å². The van der Waals surface area contributed by atoms with Crippen LogP contribution in [0.5, 0.6) is 0 Å². The maximum Gasteiger partial charge on any atom is 0.442 e. The van der Waals surface area contributed by atoms with Gasteiger partial charge in [-0.3, -0.25) is 4.79 Å². The van der Waals surface area contributed by atoms with Crippen LogP contribution in [-0.4, -0.2) is 16.5 Å². The van der Waals surface area contributed by atoms with Crippen LogP contribution >= 0.6 is 11.8 Å². The monoisotopic (exact) mass is 288 g/mol. The van der Waals surface area contributed by atoms with Crippen molar-refractivity contribution in [3.8, 4) is 12.1 Å². The lowest BCUT2D eigenvalue weighted by Gasteiger charge is -2.35. The molecule has 1 aliphatic rings. The zero-order chi connectivity index (χ0) is 14.8. The van der Waals surface area contributed by atoms with Crippen LogP contribution in [0.25, 0.3) is 0 Å². The van der Waals surface area contributed by atoms with Crippen LogP contribution in [0.3, 0.4) is 0 Å². The highest BCUT2D eigenvalue weighted by Crippen LogP contribution is 2.46. The lowest BCUT2D eigenvalue weighted by Crippen LogP contribution is -2.36. The second-order valence-electron chi connectivity index (χ2n) is 5.05. The second-order valence-corrected chi connectivity index (χ2v) is 6.22. The molecule has 0 amide bonds. The van der Waals surface area contributed by atoms with E-state index < -0.39 is 33.7 Å². The molecule has 0 saturated heterocycles. The third-order valence-corrected chi connectivity index (χ3v) is 3.78. The number of carbonyl (C=O) groups excluding carboxylic acids is 1. The van der Waals surface area contributed by atoms with Crippen LogP contribution in [0.2, 0.25) is 0 Å². The van der Waals surface area contributed by atoms with Gasteiger partial charge in [-0.25, -0.2) is 0 Å². The van der Waals surface area contributed by atoms with Crippen molar-refractivity contribution in [3.63, 3.8) is 0 Å². The molecule has 7 heteroatoms. The third kappa shape index (κ3) is 4.00. The quantitative estimate of drug-likeness (QED) is 0.694. The fraction of sp³-hybridized carbons (Fsp3) is 0.583. The van der Waals surface area contributed by atoms with Crippen LogP contribution in [0.1, 0.15) is 26.7 Å². The normalized spacial score (nSPS) is 22.6. The van der Waals surface area contributed by atoms with Gasteiger partial charge in [0.05, 0.1) is 5.25 Å². The van der Waals surface area contributed by atoms with Gasteiger partial charge >= 0.3 is 5.51 Å². The molecule has 1 fully saturated rings. The lowest BCUT2D eigenvalue weighted by molar-refractivity contribution is -0.121. The molecule has 1 unspecified atom stereocenters. The molecule has 1 atom stereocenters. The second kappa shape index (κ2) is 5.26. The van der Waals surface area contributed by atoms with E-state index in [0.29, 0.717) is 0 Å². The summed E-state index contributed by atoms with van der Waals surface area (Å²) in [6.45, 7) is 3.46. The van der Waals surface area contributed by atoms with Crippen LogP contribution in [0.4, 0.5) is 13.2 Å². The van der Waals surface area contributed by atoms with Crippen LogP contribution < -0.4 is 0 Å². The summed E-state index contributed by atoms with van der Waals surface area (Å²) in [7, 11) is 0. The van der Waals surface area contributed by atoms with E-state index in [1.165, 1.54) is 0 Å². The molecule has 1 rings (SSSR count). The predicted octanol–water partition coefficient (Wildman–Crippen LogP) is 3.34. The Hall–Kier alpha value is -1.47. The molecule has 0 aromatic carbocycles. The standard InChI is InChI=1S/C12H11F3N2OS/c1-11(2)3-8(7(5-16)6-17)10(9(18)4-11)19-12(13,14)15/h10H,3-4H2,1-2H3. The summed E-state index contributed by atoms with van der Waals surface area (Å²) in [6.07, 6.45) is 0.150. The first-order valence-corrected chi connectivity index (χ1v) is 6.28. The molecule has 0 aromatic rings. The number of Topliss-reactive ketones (excluding diaryl/α,β-unsaturated/α-hetero) is 1. The number of allylic oxidation sites excluding steroid dienone is 1. The maximum atomic E-state index is 12.5. The number of nitrogens with zero attached hydrogens (tertiary/aromatic N) is 2. The molecule has 1 saturated carbocycles. The van der Waals surface area contributed by atoms with Gasteiger partial charge in [0, 0.05) is 6.42 Å². The largest absolute Gasteiger partial charge is 0.442 e. The number of halogens is 3. The Kier molecular flexibility index (Phi) is 4.32. The van der Waals surface area contributed by atoms with E-state index in [0.717, 1.165) is 0 Å². The van der Waals surface area contributed by atoms with Gasteiger partial charge in [-0.1, -0.05) is 13.8 Å². The minimum absolute atomic E-state index is 0.00595. The predicted molar refractivity (Wildman–Crippen MR) is 63.7 cm³/mol. The average molecular weight is 288 g/mol. The molecule has 0 bridgehead atoms. The van der Waals surface area contributed by atoms with Crippen molar-refractivity contribution in [1.29, 1.82) is 10.5 Å². The number of hydrogen-bond donors (Lipinski definition) is 0. The SMILES string of the molecule is CC1(C)CC(=O)C(SC(F)(F)F)C(=C(C#N)C#N)C1. The number of alkyl halides is 3. The molecular formula is C12H11F3N2OS. The first-order chi connectivity index (χ1) is 8.59. The highest BCUT2D eigenvalue weighted by atomic mass is 32.2. The van der Waals surface area contributed by atoms with Gasteiger partial charge in [-0.2, -0.15) is 23.7 Å². The highest BCUT2D eigenvalue weighted by molar-refractivity contribution is 8.01. The maximum absolute atomic E-state index is 12.5. The molecule has 0 aliphatic heterocycles. The summed E-state index contributed by atoms with van der Waals surface area (Å²) in [4.78, 5) is 11.9. The number of thioether (sulfide) groups is 1. The minimum Gasteiger partial charge on any atom is -0.298 e. The highest BCUT2D eigenvalue weighted by Gasteiger charge is 2.44. The van der Waals surface area contributed by atoms with Crippen molar-refractivity contribution in [2.24, 2.45) is 5.41 Å². The summed E-state index contributed by atoms with van der Waals surface area (Å²) >= 11 is -0.456. The zero-order valence-corrected chi connectivity index (χ0v) is 11.2.